The van der Waals surface area contributed by atoms with Gasteiger partial charge < -0.3 is 14.0 Å². The number of hydrogen-bond acceptors (Lipinski definition) is 5. The van der Waals surface area contributed by atoms with E-state index < -0.39 is 0 Å². The van der Waals surface area contributed by atoms with Crippen LogP contribution >= 0.6 is 0 Å². The standard InChI is InChI=1S/C18H18N2O3/c1-12-6-4-5-7-14(12)18-19-17(20-23-18)11-13-8-9-15(21-2)16(10-13)22-3/h4-10H,11H2,1-3H3. The third-order valence-electron chi connectivity index (χ3n) is 3.65. The molecule has 0 fully saturated rings. The van der Waals surface area contributed by atoms with E-state index in [1.165, 1.54) is 0 Å². The average molecular weight is 310 g/mol. The second-order valence-corrected chi connectivity index (χ2v) is 5.20. The zero-order valence-corrected chi connectivity index (χ0v) is 13.4. The second-order valence-electron chi connectivity index (χ2n) is 5.20. The third kappa shape index (κ3) is 3.18. The molecule has 0 saturated carbocycles. The summed E-state index contributed by atoms with van der Waals surface area (Å²) in [4.78, 5) is 4.48. The number of hydrogen-bond donors (Lipinski definition) is 0. The predicted molar refractivity (Wildman–Crippen MR) is 86.8 cm³/mol. The van der Waals surface area contributed by atoms with Gasteiger partial charge in [0.15, 0.2) is 17.3 Å². The van der Waals surface area contributed by atoms with Crippen LogP contribution in [-0.4, -0.2) is 24.4 Å². The van der Waals surface area contributed by atoms with Crippen molar-refractivity contribution in [3.63, 3.8) is 0 Å². The van der Waals surface area contributed by atoms with Crippen molar-refractivity contribution in [1.29, 1.82) is 0 Å². The van der Waals surface area contributed by atoms with E-state index in [4.69, 9.17) is 14.0 Å². The number of rotatable bonds is 5. The van der Waals surface area contributed by atoms with Gasteiger partial charge in [-0.3, -0.25) is 0 Å². The van der Waals surface area contributed by atoms with Gasteiger partial charge in [-0.1, -0.05) is 29.4 Å². The van der Waals surface area contributed by atoms with Crippen molar-refractivity contribution in [3.8, 4) is 23.0 Å². The molecule has 0 amide bonds. The highest BCUT2D eigenvalue weighted by Gasteiger charge is 2.12. The molecule has 0 bridgehead atoms. The topological polar surface area (TPSA) is 57.4 Å². The van der Waals surface area contributed by atoms with Crippen LogP contribution in [0, 0.1) is 6.92 Å². The van der Waals surface area contributed by atoms with Gasteiger partial charge in [-0.15, -0.1) is 0 Å². The van der Waals surface area contributed by atoms with Crippen molar-refractivity contribution in [2.24, 2.45) is 0 Å². The first-order valence-electron chi connectivity index (χ1n) is 7.30. The molecule has 3 rings (SSSR count). The minimum atomic E-state index is 0.540. The van der Waals surface area contributed by atoms with Crippen molar-refractivity contribution >= 4 is 0 Å². The molecule has 0 N–H and O–H groups in total. The molecule has 0 aliphatic rings. The van der Waals surface area contributed by atoms with Crippen LogP contribution in [0.15, 0.2) is 47.0 Å². The van der Waals surface area contributed by atoms with Crippen LogP contribution in [0.1, 0.15) is 17.0 Å². The molecule has 118 valence electrons. The lowest BCUT2D eigenvalue weighted by molar-refractivity contribution is 0.354. The Balaban J connectivity index is 1.83. The first-order valence-corrected chi connectivity index (χ1v) is 7.30. The molecule has 0 spiro atoms. The van der Waals surface area contributed by atoms with Gasteiger partial charge in [-0.05, 0) is 36.2 Å². The molecule has 0 aliphatic heterocycles. The Hall–Kier alpha value is -2.82. The molecule has 1 heterocycles. The minimum Gasteiger partial charge on any atom is -0.493 e. The van der Waals surface area contributed by atoms with Gasteiger partial charge in [0.25, 0.3) is 5.89 Å². The van der Waals surface area contributed by atoms with Crippen molar-refractivity contribution in [2.75, 3.05) is 14.2 Å². The largest absolute Gasteiger partial charge is 0.493 e. The summed E-state index contributed by atoms with van der Waals surface area (Å²) in [6.07, 6.45) is 0.565. The molecule has 0 unspecified atom stereocenters. The summed E-state index contributed by atoms with van der Waals surface area (Å²) in [5.41, 5.74) is 3.09. The maximum Gasteiger partial charge on any atom is 0.258 e. The van der Waals surface area contributed by atoms with E-state index in [1.54, 1.807) is 14.2 Å². The van der Waals surface area contributed by atoms with Crippen molar-refractivity contribution in [3.05, 3.63) is 59.4 Å². The van der Waals surface area contributed by atoms with E-state index in [0.29, 0.717) is 29.6 Å². The van der Waals surface area contributed by atoms with Crippen LogP contribution in [0.3, 0.4) is 0 Å². The molecule has 5 heteroatoms. The number of benzene rings is 2. The number of aromatic nitrogens is 2. The zero-order valence-electron chi connectivity index (χ0n) is 13.4. The van der Waals surface area contributed by atoms with E-state index in [2.05, 4.69) is 10.1 Å². The Morgan fingerprint density at radius 1 is 1.00 bits per heavy atom. The maximum absolute atomic E-state index is 5.39. The van der Waals surface area contributed by atoms with E-state index in [1.807, 2.05) is 49.4 Å². The Kier molecular flexibility index (Phi) is 4.28. The van der Waals surface area contributed by atoms with Crippen LogP contribution in [0.4, 0.5) is 0 Å². The van der Waals surface area contributed by atoms with E-state index in [9.17, 15) is 0 Å². The lowest BCUT2D eigenvalue weighted by atomic mass is 10.1. The summed E-state index contributed by atoms with van der Waals surface area (Å²) < 4.78 is 15.9. The lowest BCUT2D eigenvalue weighted by Gasteiger charge is -2.08. The summed E-state index contributed by atoms with van der Waals surface area (Å²) in [7, 11) is 3.23. The molecule has 1 aromatic heterocycles. The van der Waals surface area contributed by atoms with E-state index in [-0.39, 0.29) is 0 Å². The summed E-state index contributed by atoms with van der Waals surface area (Å²) in [5.74, 6) is 2.56. The molecule has 0 radical (unpaired) electrons. The molecule has 5 nitrogen and oxygen atoms in total. The Morgan fingerprint density at radius 3 is 2.52 bits per heavy atom. The summed E-state index contributed by atoms with van der Waals surface area (Å²) in [5, 5.41) is 4.07. The number of aryl methyl sites for hydroxylation is 1. The molecule has 0 atom stereocenters. The third-order valence-corrected chi connectivity index (χ3v) is 3.65. The van der Waals surface area contributed by atoms with Gasteiger partial charge in [0.1, 0.15) is 0 Å². The Bertz CT molecular complexity index is 812. The highest BCUT2D eigenvalue weighted by Crippen LogP contribution is 2.28. The highest BCUT2D eigenvalue weighted by atomic mass is 16.5. The molecular weight excluding hydrogens is 292 g/mol. The van der Waals surface area contributed by atoms with Gasteiger partial charge in [0.2, 0.25) is 0 Å². The van der Waals surface area contributed by atoms with Crippen LogP contribution in [0.25, 0.3) is 11.5 Å². The molecule has 23 heavy (non-hydrogen) atoms. The second kappa shape index (κ2) is 6.52. The molecular formula is C18H18N2O3. The first-order chi connectivity index (χ1) is 11.2. The van der Waals surface area contributed by atoms with E-state index in [0.717, 1.165) is 16.7 Å². The van der Waals surface area contributed by atoms with Crippen molar-refractivity contribution in [1.82, 2.24) is 10.1 Å². The van der Waals surface area contributed by atoms with Gasteiger partial charge >= 0.3 is 0 Å². The van der Waals surface area contributed by atoms with Crippen LogP contribution in [0.2, 0.25) is 0 Å². The predicted octanol–water partition coefficient (Wildman–Crippen LogP) is 3.65. The minimum absolute atomic E-state index is 0.540. The number of nitrogens with zero attached hydrogens (tertiary/aromatic N) is 2. The fourth-order valence-electron chi connectivity index (χ4n) is 2.42. The molecule has 2 aromatic carbocycles. The fourth-order valence-corrected chi connectivity index (χ4v) is 2.42. The van der Waals surface area contributed by atoms with Crippen molar-refractivity contribution < 1.29 is 14.0 Å². The zero-order chi connectivity index (χ0) is 16.2. The monoisotopic (exact) mass is 310 g/mol. The summed E-state index contributed by atoms with van der Waals surface area (Å²) >= 11 is 0. The Morgan fingerprint density at radius 2 is 1.78 bits per heavy atom. The van der Waals surface area contributed by atoms with Gasteiger partial charge in [0, 0.05) is 12.0 Å². The maximum atomic E-state index is 5.39. The molecule has 0 saturated heterocycles. The van der Waals surface area contributed by atoms with Gasteiger partial charge in [0.05, 0.1) is 14.2 Å². The fraction of sp³-hybridized carbons (Fsp3) is 0.222. The van der Waals surface area contributed by atoms with E-state index >= 15 is 0 Å². The van der Waals surface area contributed by atoms with Gasteiger partial charge in [-0.2, -0.15) is 4.98 Å². The quantitative estimate of drug-likeness (QED) is 0.720. The number of methoxy groups -OCH3 is 2. The average Bonchev–Trinajstić information content (AvgIpc) is 3.03. The smallest absolute Gasteiger partial charge is 0.258 e. The molecule has 0 aliphatic carbocycles. The summed E-state index contributed by atoms with van der Waals surface area (Å²) in [6.45, 7) is 2.02. The van der Waals surface area contributed by atoms with Crippen LogP contribution in [0.5, 0.6) is 11.5 Å². The van der Waals surface area contributed by atoms with Crippen LogP contribution in [-0.2, 0) is 6.42 Å². The highest BCUT2D eigenvalue weighted by molar-refractivity contribution is 5.57. The lowest BCUT2D eigenvalue weighted by Crippen LogP contribution is -1.95. The first kappa shape index (κ1) is 15.1. The number of ether oxygens (including phenoxy) is 2. The Labute approximate surface area is 134 Å². The molecule has 3 aromatic rings. The summed E-state index contributed by atoms with van der Waals surface area (Å²) in [6, 6.07) is 13.7. The van der Waals surface area contributed by atoms with Crippen LogP contribution < -0.4 is 9.47 Å². The van der Waals surface area contributed by atoms with Gasteiger partial charge in [-0.25, -0.2) is 0 Å². The van der Waals surface area contributed by atoms with Crippen molar-refractivity contribution in [2.45, 2.75) is 13.3 Å². The normalized spacial score (nSPS) is 10.6. The SMILES string of the molecule is COc1ccc(Cc2noc(-c3ccccc3C)n2)cc1OC.